The summed E-state index contributed by atoms with van der Waals surface area (Å²) >= 11 is 0. The Morgan fingerprint density at radius 3 is 1.31 bits per heavy atom. The zero-order valence-electron chi connectivity index (χ0n) is 25.8. The van der Waals surface area contributed by atoms with Crippen LogP contribution in [0.4, 0.5) is 0 Å². The Hall–Kier alpha value is -0.390. The van der Waals surface area contributed by atoms with Gasteiger partial charge in [-0.2, -0.15) is 0 Å². The molecule has 0 saturated heterocycles. The van der Waals surface area contributed by atoms with Crippen molar-refractivity contribution in [2.45, 2.75) is 161 Å². The van der Waals surface area contributed by atoms with E-state index >= 15 is 0 Å². The molecule has 0 fully saturated rings. The van der Waals surface area contributed by atoms with Gasteiger partial charge in [0.25, 0.3) is 0 Å². The SMILES string of the molecule is CCCCCCCCc1c(CCCCCCCC)c(S(=O)(=O)[O-])c2ccccc2c1CCCCCCCC.[Na+]. The molecule has 0 N–H and O–H groups in total. The maximum atomic E-state index is 12.8. The summed E-state index contributed by atoms with van der Waals surface area (Å²) in [5.41, 5.74) is 3.36. The number of fused-ring (bicyclic) bond motifs is 1. The first-order valence-electron chi connectivity index (χ1n) is 16.0. The second kappa shape index (κ2) is 21.3. The molecule has 0 aliphatic carbocycles. The molecule has 216 valence electrons. The van der Waals surface area contributed by atoms with Gasteiger partial charge in [0.2, 0.25) is 0 Å². The Morgan fingerprint density at radius 2 is 0.872 bits per heavy atom. The molecule has 0 atom stereocenters. The average Bonchev–Trinajstić information content (AvgIpc) is 2.89. The molecule has 0 aliphatic rings. The molecule has 0 amide bonds. The minimum absolute atomic E-state index is 0. The van der Waals surface area contributed by atoms with Gasteiger partial charge >= 0.3 is 29.6 Å². The predicted octanol–water partition coefficient (Wildman–Crippen LogP) is 7.46. The predicted molar refractivity (Wildman–Crippen MR) is 163 cm³/mol. The maximum Gasteiger partial charge on any atom is 1.00 e. The van der Waals surface area contributed by atoms with Gasteiger partial charge in [0.1, 0.15) is 10.1 Å². The summed E-state index contributed by atoms with van der Waals surface area (Å²) in [6.45, 7) is 6.71. The van der Waals surface area contributed by atoms with E-state index in [0.717, 1.165) is 49.5 Å². The van der Waals surface area contributed by atoms with Crippen LogP contribution < -0.4 is 29.6 Å². The molecular formula is C34H55NaO3S. The fraction of sp³-hybridized carbons (Fsp3) is 0.706. The molecule has 0 saturated carbocycles. The van der Waals surface area contributed by atoms with E-state index in [1.807, 2.05) is 18.2 Å². The van der Waals surface area contributed by atoms with Crippen molar-refractivity contribution in [1.29, 1.82) is 0 Å². The van der Waals surface area contributed by atoms with Crippen molar-refractivity contribution in [3.8, 4) is 0 Å². The van der Waals surface area contributed by atoms with Crippen LogP contribution in [0, 0.1) is 0 Å². The minimum Gasteiger partial charge on any atom is -0.744 e. The zero-order chi connectivity index (χ0) is 27.6. The molecule has 2 rings (SSSR count). The first kappa shape index (κ1) is 36.6. The van der Waals surface area contributed by atoms with E-state index < -0.39 is 10.1 Å². The van der Waals surface area contributed by atoms with E-state index in [4.69, 9.17) is 0 Å². The van der Waals surface area contributed by atoms with Crippen molar-refractivity contribution < 1.29 is 42.5 Å². The molecule has 2 aromatic carbocycles. The van der Waals surface area contributed by atoms with Gasteiger partial charge in [0.05, 0.1) is 4.90 Å². The molecule has 0 heterocycles. The van der Waals surface area contributed by atoms with Crippen LogP contribution >= 0.6 is 0 Å². The van der Waals surface area contributed by atoms with Crippen LogP contribution in [0.15, 0.2) is 29.2 Å². The summed E-state index contributed by atoms with van der Waals surface area (Å²) in [6, 6.07) is 7.80. The monoisotopic (exact) mass is 566 g/mol. The van der Waals surface area contributed by atoms with Crippen molar-refractivity contribution >= 4 is 20.9 Å². The smallest absolute Gasteiger partial charge is 0.744 e. The van der Waals surface area contributed by atoms with Gasteiger partial charge in [-0.3, -0.25) is 0 Å². The van der Waals surface area contributed by atoms with Crippen molar-refractivity contribution in [2.75, 3.05) is 0 Å². The average molecular weight is 567 g/mol. The van der Waals surface area contributed by atoms with E-state index in [0.29, 0.717) is 11.8 Å². The molecule has 0 bridgehead atoms. The van der Waals surface area contributed by atoms with Gasteiger partial charge in [-0.25, -0.2) is 8.42 Å². The van der Waals surface area contributed by atoms with Gasteiger partial charge in [-0.05, 0) is 66.0 Å². The van der Waals surface area contributed by atoms with Gasteiger partial charge in [0.15, 0.2) is 0 Å². The molecule has 0 aliphatic heterocycles. The number of benzene rings is 2. The second-order valence-electron chi connectivity index (χ2n) is 11.3. The van der Waals surface area contributed by atoms with E-state index in [2.05, 4.69) is 26.8 Å². The number of aryl methyl sites for hydroxylation is 1. The van der Waals surface area contributed by atoms with Crippen LogP contribution in [0.25, 0.3) is 10.8 Å². The molecule has 2 aromatic rings. The summed E-state index contributed by atoms with van der Waals surface area (Å²) in [4.78, 5) is 0.0781. The molecular weight excluding hydrogens is 511 g/mol. The first-order valence-corrected chi connectivity index (χ1v) is 17.4. The normalized spacial score (nSPS) is 11.7. The van der Waals surface area contributed by atoms with Gasteiger partial charge in [0, 0.05) is 0 Å². The standard InChI is InChI=1S/C34H56O3S.Na/c1-4-7-10-13-16-19-24-29-30(25-20-17-14-11-8-5-2)32(27-21-18-15-12-9-6-3)34(38(35,36)37)33-28-23-22-26-31(29)33;/h22-23,26,28H,4-21,24-25,27H2,1-3H3,(H,35,36,37);/q;+1/p-1. The molecule has 0 radical (unpaired) electrons. The summed E-state index contributed by atoms with van der Waals surface area (Å²) in [7, 11) is -4.58. The third kappa shape index (κ3) is 13.0. The van der Waals surface area contributed by atoms with Gasteiger partial charge < -0.3 is 4.55 Å². The Morgan fingerprint density at radius 1 is 0.513 bits per heavy atom. The van der Waals surface area contributed by atoms with Crippen LogP contribution in [0.2, 0.25) is 0 Å². The third-order valence-electron chi connectivity index (χ3n) is 8.09. The van der Waals surface area contributed by atoms with Crippen LogP contribution in [-0.4, -0.2) is 13.0 Å². The van der Waals surface area contributed by atoms with Crippen molar-refractivity contribution in [3.63, 3.8) is 0 Å². The van der Waals surface area contributed by atoms with Crippen LogP contribution in [-0.2, 0) is 29.4 Å². The quantitative estimate of drug-likeness (QED) is 0.0844. The molecule has 3 nitrogen and oxygen atoms in total. The largest absolute Gasteiger partial charge is 1.00 e. The van der Waals surface area contributed by atoms with Crippen molar-refractivity contribution in [2.24, 2.45) is 0 Å². The zero-order valence-corrected chi connectivity index (χ0v) is 28.6. The van der Waals surface area contributed by atoms with E-state index in [1.54, 1.807) is 0 Å². The van der Waals surface area contributed by atoms with Crippen molar-refractivity contribution in [1.82, 2.24) is 0 Å². The van der Waals surface area contributed by atoms with Crippen molar-refractivity contribution in [3.05, 3.63) is 41.0 Å². The topological polar surface area (TPSA) is 57.2 Å². The molecule has 39 heavy (non-hydrogen) atoms. The van der Waals surface area contributed by atoms with Crippen LogP contribution in [0.3, 0.4) is 0 Å². The summed E-state index contributed by atoms with van der Waals surface area (Å²) < 4.78 is 38.3. The van der Waals surface area contributed by atoms with E-state index in [1.165, 1.54) is 101 Å². The Kier molecular flexibility index (Phi) is 20.0. The maximum absolute atomic E-state index is 12.8. The third-order valence-corrected chi connectivity index (χ3v) is 9.06. The van der Waals surface area contributed by atoms with E-state index in [9.17, 15) is 13.0 Å². The Labute approximate surface area is 263 Å². The van der Waals surface area contributed by atoms with Gasteiger partial charge in [-0.1, -0.05) is 141 Å². The number of hydrogen-bond donors (Lipinski definition) is 0. The molecule has 0 unspecified atom stereocenters. The summed E-state index contributed by atoms with van der Waals surface area (Å²) in [5, 5.41) is 1.64. The summed E-state index contributed by atoms with van der Waals surface area (Å²) in [5.74, 6) is 0. The number of hydrogen-bond acceptors (Lipinski definition) is 3. The Bertz CT molecular complexity index is 1030. The molecule has 5 heteroatoms. The Balaban J connectivity index is 0.00000760. The van der Waals surface area contributed by atoms with Gasteiger partial charge in [-0.15, -0.1) is 0 Å². The van der Waals surface area contributed by atoms with Crippen LogP contribution in [0.5, 0.6) is 0 Å². The fourth-order valence-corrected chi connectivity index (χ4v) is 6.95. The minimum atomic E-state index is -4.58. The van der Waals surface area contributed by atoms with E-state index in [-0.39, 0.29) is 34.5 Å². The second-order valence-corrected chi connectivity index (χ2v) is 12.6. The summed E-state index contributed by atoms with van der Waals surface area (Å²) in [6.07, 6.45) is 24.1. The fourth-order valence-electron chi connectivity index (χ4n) is 5.97. The molecule has 0 aromatic heterocycles. The number of unbranched alkanes of at least 4 members (excludes halogenated alkanes) is 15. The van der Waals surface area contributed by atoms with Crippen LogP contribution in [0.1, 0.15) is 153 Å². The first-order chi connectivity index (χ1) is 18.5. The number of rotatable bonds is 22. The molecule has 0 spiro atoms.